The van der Waals surface area contributed by atoms with Crippen LogP contribution >= 0.6 is 0 Å². The average Bonchev–Trinajstić information content (AvgIpc) is 1.83. The molecule has 0 saturated heterocycles. The number of nitrogens with zero attached hydrogens (tertiary/aromatic N) is 1. The van der Waals surface area contributed by atoms with Crippen molar-refractivity contribution in [2.45, 2.75) is 33.5 Å². The fourth-order valence-electron chi connectivity index (χ4n) is 0.908. The summed E-state index contributed by atoms with van der Waals surface area (Å²) in [5.41, 5.74) is 0. The van der Waals surface area contributed by atoms with E-state index in [1.807, 2.05) is 19.6 Å². The summed E-state index contributed by atoms with van der Waals surface area (Å²) in [5.74, 6) is 0. The molecule has 0 rings (SSSR count). The van der Waals surface area contributed by atoms with Gasteiger partial charge in [-0.3, -0.25) is 0 Å². The standard InChI is InChI=1S/C7H19NO3SSi/c1-6-8(7-2)12(9,10)11-13(3,4)5/h6-7H2,1-5H3. The van der Waals surface area contributed by atoms with Crippen LogP contribution in [0.2, 0.25) is 19.6 Å². The molecule has 0 fully saturated rings. The van der Waals surface area contributed by atoms with Crippen LogP contribution in [0.3, 0.4) is 0 Å². The number of hydrogen-bond acceptors (Lipinski definition) is 3. The first-order valence-corrected chi connectivity index (χ1v) is 9.21. The van der Waals surface area contributed by atoms with E-state index in [0.29, 0.717) is 13.1 Å². The molecule has 0 N–H and O–H groups in total. The van der Waals surface area contributed by atoms with Crippen LogP contribution in [0.4, 0.5) is 0 Å². The van der Waals surface area contributed by atoms with Gasteiger partial charge in [0, 0.05) is 13.1 Å². The lowest BCUT2D eigenvalue weighted by Crippen LogP contribution is -2.39. The van der Waals surface area contributed by atoms with Gasteiger partial charge in [0.15, 0.2) is 0 Å². The summed E-state index contributed by atoms with van der Waals surface area (Å²) in [4.78, 5) is 0. The Hall–Kier alpha value is 0.0869. The van der Waals surface area contributed by atoms with E-state index in [0.717, 1.165) is 0 Å². The van der Waals surface area contributed by atoms with Gasteiger partial charge in [0.1, 0.15) is 0 Å². The molecule has 0 aromatic heterocycles. The van der Waals surface area contributed by atoms with Crippen LogP contribution in [-0.4, -0.2) is 34.1 Å². The Balaban J connectivity index is 4.58. The molecule has 0 spiro atoms. The summed E-state index contributed by atoms with van der Waals surface area (Å²) in [6, 6.07) is 0. The number of rotatable bonds is 5. The van der Waals surface area contributed by atoms with Crippen LogP contribution < -0.4 is 0 Å². The van der Waals surface area contributed by atoms with Crippen LogP contribution in [0.25, 0.3) is 0 Å². The molecule has 0 aliphatic carbocycles. The fraction of sp³-hybridized carbons (Fsp3) is 1.00. The molecule has 0 heterocycles. The Bertz CT molecular complexity index is 241. The van der Waals surface area contributed by atoms with Crippen molar-refractivity contribution < 1.29 is 12.3 Å². The van der Waals surface area contributed by atoms with E-state index >= 15 is 0 Å². The molecule has 0 aliphatic heterocycles. The quantitative estimate of drug-likeness (QED) is 0.665. The lowest BCUT2D eigenvalue weighted by Gasteiger charge is -2.23. The van der Waals surface area contributed by atoms with Gasteiger partial charge >= 0.3 is 10.3 Å². The summed E-state index contributed by atoms with van der Waals surface area (Å²) in [5, 5.41) is 0. The van der Waals surface area contributed by atoms with Crippen molar-refractivity contribution in [2.24, 2.45) is 0 Å². The average molecular weight is 225 g/mol. The molecule has 0 bridgehead atoms. The van der Waals surface area contributed by atoms with Crippen molar-refractivity contribution >= 4 is 18.6 Å². The molecule has 0 aliphatic rings. The van der Waals surface area contributed by atoms with Gasteiger partial charge in [0.2, 0.25) is 8.32 Å². The SMILES string of the molecule is CCN(CC)S(=O)(=O)O[Si](C)(C)C. The number of hydrogen-bond donors (Lipinski definition) is 0. The molecule has 80 valence electrons. The molecule has 0 aromatic carbocycles. The Morgan fingerprint density at radius 3 is 1.77 bits per heavy atom. The maximum Gasteiger partial charge on any atom is 0.328 e. The monoisotopic (exact) mass is 225 g/mol. The summed E-state index contributed by atoms with van der Waals surface area (Å²) in [6.07, 6.45) is 0. The van der Waals surface area contributed by atoms with Crippen LogP contribution in [0, 0.1) is 0 Å². The highest BCUT2D eigenvalue weighted by atomic mass is 32.2. The Morgan fingerprint density at radius 2 is 1.54 bits per heavy atom. The van der Waals surface area contributed by atoms with E-state index in [1.54, 1.807) is 13.8 Å². The highest BCUT2D eigenvalue weighted by Gasteiger charge is 2.28. The van der Waals surface area contributed by atoms with E-state index in [9.17, 15) is 8.42 Å². The van der Waals surface area contributed by atoms with Crippen molar-refractivity contribution in [3.05, 3.63) is 0 Å². The third-order valence-electron chi connectivity index (χ3n) is 1.38. The van der Waals surface area contributed by atoms with Gasteiger partial charge in [-0.1, -0.05) is 13.8 Å². The van der Waals surface area contributed by atoms with Crippen LogP contribution in [0.5, 0.6) is 0 Å². The lowest BCUT2D eigenvalue weighted by molar-refractivity contribution is 0.375. The molecular formula is C7H19NO3SSi. The van der Waals surface area contributed by atoms with Crippen LogP contribution in [0.1, 0.15) is 13.8 Å². The predicted octanol–water partition coefficient (Wildman–Crippen LogP) is 1.42. The minimum atomic E-state index is -3.49. The molecule has 0 unspecified atom stereocenters. The second-order valence-corrected chi connectivity index (χ2v) is 10.0. The van der Waals surface area contributed by atoms with Crippen LogP contribution in [-0.2, 0) is 14.2 Å². The normalized spacial score (nSPS) is 13.7. The summed E-state index contributed by atoms with van der Waals surface area (Å²) in [7, 11) is -5.50. The van der Waals surface area contributed by atoms with E-state index in [-0.39, 0.29) is 0 Å². The largest absolute Gasteiger partial charge is 0.328 e. The van der Waals surface area contributed by atoms with E-state index in [1.165, 1.54) is 4.31 Å². The molecule has 0 aromatic rings. The zero-order chi connectivity index (χ0) is 10.7. The summed E-state index contributed by atoms with van der Waals surface area (Å²) < 4.78 is 29.5. The second-order valence-electron chi connectivity index (χ2n) is 3.74. The van der Waals surface area contributed by atoms with Crippen LogP contribution in [0.15, 0.2) is 0 Å². The third-order valence-corrected chi connectivity index (χ3v) is 5.37. The van der Waals surface area contributed by atoms with E-state index < -0.39 is 18.6 Å². The minimum Gasteiger partial charge on any atom is -0.304 e. The zero-order valence-electron chi connectivity index (χ0n) is 8.99. The van der Waals surface area contributed by atoms with Gasteiger partial charge in [-0.15, -0.1) is 0 Å². The second kappa shape index (κ2) is 4.54. The highest BCUT2D eigenvalue weighted by Crippen LogP contribution is 2.11. The smallest absolute Gasteiger partial charge is 0.304 e. The minimum absolute atomic E-state index is 0.462. The van der Waals surface area contributed by atoms with E-state index in [4.69, 9.17) is 3.87 Å². The Morgan fingerprint density at radius 1 is 1.15 bits per heavy atom. The van der Waals surface area contributed by atoms with Gasteiger partial charge < -0.3 is 3.87 Å². The molecule has 0 amide bonds. The molecule has 0 radical (unpaired) electrons. The molecule has 4 nitrogen and oxygen atoms in total. The van der Waals surface area contributed by atoms with Gasteiger partial charge in [-0.05, 0) is 19.6 Å². The lowest BCUT2D eigenvalue weighted by atomic mass is 10.7. The molecule has 13 heavy (non-hydrogen) atoms. The first kappa shape index (κ1) is 13.1. The highest BCUT2D eigenvalue weighted by molar-refractivity contribution is 7.85. The maximum absolute atomic E-state index is 11.5. The van der Waals surface area contributed by atoms with Gasteiger partial charge in [-0.2, -0.15) is 12.7 Å². The molecule has 0 saturated carbocycles. The molecular weight excluding hydrogens is 206 g/mol. The van der Waals surface area contributed by atoms with Crippen molar-refractivity contribution in [1.29, 1.82) is 0 Å². The van der Waals surface area contributed by atoms with E-state index in [2.05, 4.69) is 0 Å². The van der Waals surface area contributed by atoms with Crippen molar-refractivity contribution in [2.75, 3.05) is 13.1 Å². The topological polar surface area (TPSA) is 46.6 Å². The first-order valence-electron chi connectivity index (χ1n) is 4.43. The van der Waals surface area contributed by atoms with Gasteiger partial charge in [0.25, 0.3) is 0 Å². The molecule has 0 atom stereocenters. The zero-order valence-corrected chi connectivity index (χ0v) is 10.8. The van der Waals surface area contributed by atoms with Crippen molar-refractivity contribution in [3.63, 3.8) is 0 Å². The first-order chi connectivity index (χ1) is 5.73. The van der Waals surface area contributed by atoms with Gasteiger partial charge in [0.05, 0.1) is 0 Å². The Labute approximate surface area is 82.3 Å². The molecule has 6 heteroatoms. The van der Waals surface area contributed by atoms with Gasteiger partial charge in [-0.25, -0.2) is 0 Å². The van der Waals surface area contributed by atoms with Crippen molar-refractivity contribution in [3.8, 4) is 0 Å². The Kier molecular flexibility index (Phi) is 4.57. The van der Waals surface area contributed by atoms with Crippen molar-refractivity contribution in [1.82, 2.24) is 4.31 Å². The summed E-state index contributed by atoms with van der Waals surface area (Å²) in [6.45, 7) is 10.1. The fourth-order valence-corrected chi connectivity index (χ4v) is 4.49. The maximum atomic E-state index is 11.5. The predicted molar refractivity (Wildman–Crippen MR) is 56.3 cm³/mol. The third kappa shape index (κ3) is 4.75. The summed E-state index contributed by atoms with van der Waals surface area (Å²) >= 11 is 0.